The molecule has 7 nitrogen and oxygen atoms in total. The van der Waals surface area contributed by atoms with Crippen molar-refractivity contribution in [3.8, 4) is 0 Å². The number of morpholine rings is 1. The molecule has 0 aromatic rings. The molecule has 3 aliphatic rings. The lowest BCUT2D eigenvalue weighted by molar-refractivity contribution is -0.167. The van der Waals surface area contributed by atoms with Crippen molar-refractivity contribution in [2.75, 3.05) is 19.6 Å². The molecule has 2 amide bonds. The van der Waals surface area contributed by atoms with Crippen LogP contribution in [0.25, 0.3) is 0 Å². The summed E-state index contributed by atoms with van der Waals surface area (Å²) in [4.78, 5) is 39.9. The summed E-state index contributed by atoms with van der Waals surface area (Å²) >= 11 is 0. The van der Waals surface area contributed by atoms with E-state index in [4.69, 9.17) is 4.74 Å². The number of hydrogen-bond donors (Lipinski definition) is 1. The van der Waals surface area contributed by atoms with Crippen LogP contribution in [0.5, 0.6) is 0 Å². The molecule has 7 heteroatoms. The second-order valence-corrected chi connectivity index (χ2v) is 7.88. The van der Waals surface area contributed by atoms with Crippen LogP contribution in [0, 0.1) is 11.8 Å². The van der Waals surface area contributed by atoms with Crippen LogP contribution in [0.4, 0.5) is 0 Å². The van der Waals surface area contributed by atoms with E-state index in [1.165, 1.54) is 0 Å². The number of carboxylic acid groups (broad SMARTS) is 1. The van der Waals surface area contributed by atoms with Crippen LogP contribution in [-0.4, -0.2) is 70.6 Å². The van der Waals surface area contributed by atoms with Crippen molar-refractivity contribution in [1.82, 2.24) is 9.80 Å². The average molecular weight is 352 g/mol. The highest BCUT2D eigenvalue weighted by Gasteiger charge is 2.42. The maximum absolute atomic E-state index is 12.8. The van der Waals surface area contributed by atoms with Crippen molar-refractivity contribution in [1.29, 1.82) is 0 Å². The zero-order valence-corrected chi connectivity index (χ0v) is 15.0. The van der Waals surface area contributed by atoms with Crippen molar-refractivity contribution >= 4 is 17.8 Å². The molecule has 2 aliphatic heterocycles. The van der Waals surface area contributed by atoms with Gasteiger partial charge in [-0.25, -0.2) is 4.79 Å². The molecule has 1 saturated carbocycles. The van der Waals surface area contributed by atoms with Gasteiger partial charge in [0.2, 0.25) is 11.8 Å². The number of nitrogens with zero attached hydrogens (tertiary/aromatic N) is 2. The van der Waals surface area contributed by atoms with Crippen molar-refractivity contribution in [3.63, 3.8) is 0 Å². The highest BCUT2D eigenvalue weighted by molar-refractivity contribution is 5.90. The average Bonchev–Trinajstić information content (AvgIpc) is 2.96. The minimum Gasteiger partial charge on any atom is -0.479 e. The van der Waals surface area contributed by atoms with Gasteiger partial charge in [-0.3, -0.25) is 9.59 Å². The molecule has 1 aliphatic carbocycles. The Morgan fingerprint density at radius 2 is 1.76 bits per heavy atom. The molecule has 2 unspecified atom stereocenters. The van der Waals surface area contributed by atoms with Crippen LogP contribution in [0.3, 0.4) is 0 Å². The summed E-state index contributed by atoms with van der Waals surface area (Å²) in [5.41, 5.74) is 0. The van der Waals surface area contributed by atoms with Crippen molar-refractivity contribution in [2.24, 2.45) is 11.8 Å². The molecular formula is C18H28N2O5. The van der Waals surface area contributed by atoms with E-state index in [-0.39, 0.29) is 42.8 Å². The van der Waals surface area contributed by atoms with Gasteiger partial charge >= 0.3 is 5.97 Å². The van der Waals surface area contributed by atoms with Gasteiger partial charge in [-0.2, -0.15) is 0 Å². The Bertz CT molecular complexity index is 544. The summed E-state index contributed by atoms with van der Waals surface area (Å²) < 4.78 is 5.37. The van der Waals surface area contributed by atoms with Gasteiger partial charge in [0.25, 0.3) is 0 Å². The standard InChI is InChI=1S/C18H28N2O5/c1-11-3-5-14(6-4-11)20-9-13(7-16(20)21)17(22)19-8-12(2)25-15(10-19)18(23)24/h11-15H,3-10H2,1-2H3,(H,23,24)/t11?,12-,13?,14?,15?/m1/s1. The van der Waals surface area contributed by atoms with E-state index < -0.39 is 12.1 Å². The third kappa shape index (κ3) is 3.97. The highest BCUT2D eigenvalue weighted by Crippen LogP contribution is 2.32. The van der Waals surface area contributed by atoms with Crippen LogP contribution in [0.15, 0.2) is 0 Å². The number of hydrogen-bond acceptors (Lipinski definition) is 4. The molecule has 25 heavy (non-hydrogen) atoms. The molecule has 0 aromatic carbocycles. The molecule has 0 aromatic heterocycles. The fraction of sp³-hybridized carbons (Fsp3) is 0.833. The van der Waals surface area contributed by atoms with Crippen LogP contribution >= 0.6 is 0 Å². The number of carbonyl (C=O) groups is 3. The quantitative estimate of drug-likeness (QED) is 0.822. The van der Waals surface area contributed by atoms with Crippen molar-refractivity contribution in [2.45, 2.75) is 64.2 Å². The minimum absolute atomic E-state index is 0.0597. The van der Waals surface area contributed by atoms with Gasteiger partial charge in [0, 0.05) is 25.6 Å². The first kappa shape index (κ1) is 18.2. The summed E-state index contributed by atoms with van der Waals surface area (Å²) in [6.07, 6.45) is 3.25. The second kappa shape index (κ2) is 7.32. The molecular weight excluding hydrogens is 324 g/mol. The Morgan fingerprint density at radius 1 is 1.08 bits per heavy atom. The number of carbonyl (C=O) groups excluding carboxylic acids is 2. The Kier molecular flexibility index (Phi) is 5.32. The van der Waals surface area contributed by atoms with Gasteiger partial charge in [0.15, 0.2) is 6.10 Å². The first-order valence-corrected chi connectivity index (χ1v) is 9.31. The molecule has 2 saturated heterocycles. The highest BCUT2D eigenvalue weighted by atomic mass is 16.5. The smallest absolute Gasteiger partial charge is 0.334 e. The first-order valence-electron chi connectivity index (χ1n) is 9.31. The maximum Gasteiger partial charge on any atom is 0.334 e. The number of likely N-dealkylation sites (tertiary alicyclic amines) is 1. The zero-order chi connectivity index (χ0) is 18.1. The first-order chi connectivity index (χ1) is 11.8. The fourth-order valence-electron chi connectivity index (χ4n) is 4.33. The van der Waals surface area contributed by atoms with E-state index >= 15 is 0 Å². The molecule has 2 heterocycles. The Labute approximate surface area is 148 Å². The summed E-state index contributed by atoms with van der Waals surface area (Å²) in [5, 5.41) is 9.17. The number of rotatable bonds is 3. The maximum atomic E-state index is 12.8. The summed E-state index contributed by atoms with van der Waals surface area (Å²) in [6.45, 7) is 4.93. The molecule has 0 radical (unpaired) electrons. The predicted molar refractivity (Wildman–Crippen MR) is 89.8 cm³/mol. The van der Waals surface area contributed by atoms with Crippen molar-refractivity contribution in [3.05, 3.63) is 0 Å². The summed E-state index contributed by atoms with van der Waals surface area (Å²) in [7, 11) is 0. The zero-order valence-electron chi connectivity index (χ0n) is 15.0. The lowest BCUT2D eigenvalue weighted by Crippen LogP contribution is -2.53. The molecule has 140 valence electrons. The van der Waals surface area contributed by atoms with Crippen molar-refractivity contribution < 1.29 is 24.2 Å². The van der Waals surface area contributed by atoms with Gasteiger partial charge in [0.05, 0.1) is 18.6 Å². The normalized spacial score (nSPS) is 36.6. The molecule has 0 bridgehead atoms. The van der Waals surface area contributed by atoms with Gasteiger partial charge < -0.3 is 19.6 Å². The molecule has 3 rings (SSSR count). The second-order valence-electron chi connectivity index (χ2n) is 7.88. The van der Waals surface area contributed by atoms with Gasteiger partial charge in [-0.05, 0) is 38.5 Å². The van der Waals surface area contributed by atoms with Crippen LogP contribution < -0.4 is 0 Å². The molecule has 1 N–H and O–H groups in total. The Balaban J connectivity index is 1.61. The lowest BCUT2D eigenvalue weighted by atomic mass is 9.86. The van der Waals surface area contributed by atoms with E-state index in [9.17, 15) is 19.5 Å². The minimum atomic E-state index is -1.05. The summed E-state index contributed by atoms with van der Waals surface area (Å²) in [6, 6.07) is 0.261. The van der Waals surface area contributed by atoms with Crippen LogP contribution in [-0.2, 0) is 19.1 Å². The van der Waals surface area contributed by atoms with Gasteiger partial charge in [-0.15, -0.1) is 0 Å². The molecule has 3 atom stereocenters. The number of aliphatic carboxylic acids is 1. The Morgan fingerprint density at radius 3 is 2.40 bits per heavy atom. The number of ether oxygens (including phenoxy) is 1. The monoisotopic (exact) mass is 352 g/mol. The predicted octanol–water partition coefficient (Wildman–Crippen LogP) is 1.11. The van der Waals surface area contributed by atoms with E-state index in [0.29, 0.717) is 19.0 Å². The van der Waals surface area contributed by atoms with E-state index in [1.807, 2.05) is 4.90 Å². The number of carboxylic acids is 1. The molecule has 0 spiro atoms. The lowest BCUT2D eigenvalue weighted by Gasteiger charge is -2.36. The largest absolute Gasteiger partial charge is 0.479 e. The number of amides is 2. The van der Waals surface area contributed by atoms with Crippen LogP contribution in [0.1, 0.15) is 46.0 Å². The van der Waals surface area contributed by atoms with Crippen LogP contribution in [0.2, 0.25) is 0 Å². The van der Waals surface area contributed by atoms with Gasteiger partial charge in [0.1, 0.15) is 0 Å². The Hall–Kier alpha value is -1.63. The van der Waals surface area contributed by atoms with E-state index in [1.54, 1.807) is 11.8 Å². The summed E-state index contributed by atoms with van der Waals surface area (Å²) in [5.74, 6) is -0.735. The third-order valence-electron chi connectivity index (χ3n) is 5.78. The SMILES string of the molecule is CC1CCC(N2CC(C(=O)N3CC(C(=O)O)O[C@H](C)C3)CC2=O)CC1. The van der Waals surface area contributed by atoms with Gasteiger partial charge in [-0.1, -0.05) is 6.92 Å². The van der Waals surface area contributed by atoms with E-state index in [0.717, 1.165) is 25.7 Å². The molecule has 3 fully saturated rings. The third-order valence-corrected chi connectivity index (χ3v) is 5.78. The fourth-order valence-corrected chi connectivity index (χ4v) is 4.33. The topological polar surface area (TPSA) is 87.2 Å². The van der Waals surface area contributed by atoms with E-state index in [2.05, 4.69) is 6.92 Å².